The number of fused-ring (bicyclic) bond motifs is 1. The van der Waals surface area contributed by atoms with Gasteiger partial charge < -0.3 is 25.2 Å². The van der Waals surface area contributed by atoms with E-state index in [1.165, 1.54) is 12.5 Å². The van der Waals surface area contributed by atoms with E-state index in [9.17, 15) is 9.90 Å². The molecule has 1 aliphatic carbocycles. The maximum absolute atomic E-state index is 12.4. The van der Waals surface area contributed by atoms with E-state index in [4.69, 9.17) is 15.2 Å². The van der Waals surface area contributed by atoms with Crippen LogP contribution in [0.25, 0.3) is 0 Å². The third-order valence-electron chi connectivity index (χ3n) is 8.54. The highest BCUT2D eigenvalue weighted by Gasteiger charge is 2.77. The zero-order chi connectivity index (χ0) is 22.2. The molecule has 0 radical (unpaired) electrons. The van der Waals surface area contributed by atoms with E-state index in [1.54, 1.807) is 7.11 Å². The van der Waals surface area contributed by atoms with Crippen LogP contribution in [0.15, 0.2) is 30.4 Å². The number of likely N-dealkylation sites (N-methyl/N-ethyl adjacent to an activating group) is 1. The Morgan fingerprint density at radius 3 is 2.77 bits per heavy atom. The van der Waals surface area contributed by atoms with E-state index in [1.807, 2.05) is 13.1 Å². The molecular formula is C24H33N3O4. The van der Waals surface area contributed by atoms with Crippen LogP contribution in [-0.4, -0.2) is 73.6 Å². The Hall–Kier alpha value is -2.09. The topological polar surface area (TPSA) is 88.3 Å². The fraction of sp³-hybridized carbons (Fsp3) is 0.625. The van der Waals surface area contributed by atoms with Gasteiger partial charge >= 0.3 is 5.97 Å². The average molecular weight is 428 g/mol. The molecule has 1 saturated heterocycles. The summed E-state index contributed by atoms with van der Waals surface area (Å²) >= 11 is 0. The molecule has 3 N–H and O–H groups in total. The van der Waals surface area contributed by atoms with Gasteiger partial charge in [0, 0.05) is 55.7 Å². The molecule has 1 aromatic carbocycles. The largest absolute Gasteiger partial charge is 0.497 e. The second kappa shape index (κ2) is 6.70. The Labute approximate surface area is 183 Å². The lowest BCUT2D eigenvalue weighted by Crippen LogP contribution is -2.80. The third kappa shape index (κ3) is 2.32. The summed E-state index contributed by atoms with van der Waals surface area (Å²) in [6.45, 7) is 5.35. The van der Waals surface area contributed by atoms with Gasteiger partial charge in [-0.25, -0.2) is 0 Å². The first kappa shape index (κ1) is 20.8. The molecule has 31 heavy (non-hydrogen) atoms. The van der Waals surface area contributed by atoms with E-state index in [-0.39, 0.29) is 30.0 Å². The molecule has 5 rings (SSSR count). The summed E-state index contributed by atoms with van der Waals surface area (Å²) < 4.78 is 11.5. The highest BCUT2D eigenvalue weighted by atomic mass is 16.6. The van der Waals surface area contributed by atoms with Gasteiger partial charge in [-0.05, 0) is 31.0 Å². The first-order valence-electron chi connectivity index (χ1n) is 11.2. The number of rotatable bonds is 4. The molecule has 1 spiro atoms. The number of esters is 1. The summed E-state index contributed by atoms with van der Waals surface area (Å²) in [6, 6.07) is 6.02. The van der Waals surface area contributed by atoms with Crippen molar-refractivity contribution < 1.29 is 19.4 Å². The molecule has 3 aliphatic heterocycles. The van der Waals surface area contributed by atoms with Crippen LogP contribution >= 0.6 is 0 Å². The molecule has 0 bridgehead atoms. The Morgan fingerprint density at radius 1 is 1.35 bits per heavy atom. The van der Waals surface area contributed by atoms with Crippen LogP contribution in [0, 0.1) is 5.41 Å². The number of benzene rings is 1. The van der Waals surface area contributed by atoms with Gasteiger partial charge in [0.15, 0.2) is 0 Å². The summed E-state index contributed by atoms with van der Waals surface area (Å²) in [6.07, 6.45) is 5.30. The summed E-state index contributed by atoms with van der Waals surface area (Å²) in [5.41, 5.74) is 6.39. The molecule has 3 heterocycles. The minimum atomic E-state index is -1.41. The van der Waals surface area contributed by atoms with Crippen LogP contribution in [0.3, 0.4) is 0 Å². The Kier molecular flexibility index (Phi) is 4.50. The number of aliphatic hydroxyl groups is 1. The second-order valence-corrected chi connectivity index (χ2v) is 9.64. The standard InChI is InChI=1S/C24H33N3O4/c1-5-22-9-6-11-27-12-10-23(19(22)27)17-8-7-16(30-4)13-18(17)26(3)20(23)24(29,14-25)21(22)31-15(2)28/h6-9,13,19-21,29H,5,10-12,14,25H2,1-4H3/t19?,20-,21-,22?,23-,24+/m1/s1. The number of hydrogen-bond acceptors (Lipinski definition) is 7. The predicted molar refractivity (Wildman–Crippen MR) is 118 cm³/mol. The highest BCUT2D eigenvalue weighted by Crippen LogP contribution is 2.67. The fourth-order valence-electron chi connectivity index (χ4n) is 7.67. The van der Waals surface area contributed by atoms with E-state index in [2.05, 4.69) is 41.0 Å². The van der Waals surface area contributed by atoms with Crippen molar-refractivity contribution in [1.29, 1.82) is 0 Å². The highest BCUT2D eigenvalue weighted by molar-refractivity contribution is 5.71. The van der Waals surface area contributed by atoms with E-state index >= 15 is 0 Å². The number of carbonyl (C=O) groups excluding carboxylic acids is 1. The van der Waals surface area contributed by atoms with Crippen LogP contribution in [0.5, 0.6) is 5.75 Å². The summed E-state index contributed by atoms with van der Waals surface area (Å²) in [5.74, 6) is 0.397. The third-order valence-corrected chi connectivity index (χ3v) is 8.54. The molecule has 6 atom stereocenters. The van der Waals surface area contributed by atoms with Crippen molar-refractivity contribution in [2.45, 2.75) is 55.9 Å². The molecule has 7 heteroatoms. The fourth-order valence-corrected chi connectivity index (χ4v) is 7.67. The molecule has 1 aromatic rings. The molecule has 0 amide bonds. The maximum atomic E-state index is 12.4. The number of nitrogens with two attached hydrogens (primary N) is 1. The van der Waals surface area contributed by atoms with Gasteiger partial charge in [-0.3, -0.25) is 9.69 Å². The number of carbonyl (C=O) groups is 1. The number of hydrogen-bond donors (Lipinski definition) is 2. The first-order chi connectivity index (χ1) is 14.8. The number of ether oxygens (including phenoxy) is 2. The van der Waals surface area contributed by atoms with E-state index in [0.29, 0.717) is 0 Å². The lowest BCUT2D eigenvalue weighted by atomic mass is 9.48. The van der Waals surface area contributed by atoms with E-state index < -0.39 is 17.1 Å². The van der Waals surface area contributed by atoms with Crippen molar-refractivity contribution in [1.82, 2.24) is 4.90 Å². The van der Waals surface area contributed by atoms with Crippen molar-refractivity contribution in [2.75, 3.05) is 38.7 Å². The molecule has 2 unspecified atom stereocenters. The average Bonchev–Trinajstić information content (AvgIpc) is 3.28. The smallest absolute Gasteiger partial charge is 0.303 e. The van der Waals surface area contributed by atoms with Crippen LogP contribution in [0.4, 0.5) is 5.69 Å². The lowest BCUT2D eigenvalue weighted by Gasteiger charge is -2.64. The molecular weight excluding hydrogens is 394 g/mol. The molecule has 7 nitrogen and oxygen atoms in total. The minimum Gasteiger partial charge on any atom is -0.497 e. The molecule has 1 saturated carbocycles. The summed E-state index contributed by atoms with van der Waals surface area (Å²) in [4.78, 5) is 16.9. The van der Waals surface area contributed by atoms with Crippen molar-refractivity contribution in [2.24, 2.45) is 11.1 Å². The number of anilines is 1. The van der Waals surface area contributed by atoms with Crippen LogP contribution in [0.2, 0.25) is 0 Å². The van der Waals surface area contributed by atoms with Gasteiger partial charge in [0.05, 0.1) is 13.2 Å². The van der Waals surface area contributed by atoms with Gasteiger partial charge in [0.1, 0.15) is 17.5 Å². The summed E-state index contributed by atoms with van der Waals surface area (Å²) in [5, 5.41) is 12.4. The van der Waals surface area contributed by atoms with Gasteiger partial charge in [0.25, 0.3) is 0 Å². The zero-order valence-corrected chi connectivity index (χ0v) is 18.8. The van der Waals surface area contributed by atoms with Crippen molar-refractivity contribution in [3.63, 3.8) is 0 Å². The Bertz CT molecular complexity index is 951. The predicted octanol–water partition coefficient (Wildman–Crippen LogP) is 1.43. The van der Waals surface area contributed by atoms with E-state index in [0.717, 1.165) is 37.4 Å². The van der Waals surface area contributed by atoms with Gasteiger partial charge in [0.2, 0.25) is 0 Å². The number of nitrogens with zero attached hydrogens (tertiary/aromatic N) is 2. The monoisotopic (exact) mass is 427 g/mol. The molecule has 0 aromatic heterocycles. The van der Waals surface area contributed by atoms with Gasteiger partial charge in [-0.1, -0.05) is 25.1 Å². The maximum Gasteiger partial charge on any atom is 0.303 e. The summed E-state index contributed by atoms with van der Waals surface area (Å²) in [7, 11) is 3.68. The SMILES string of the molecule is CCC12C=CCN3CC[C@@]4(c5ccc(OC)cc5N(C)[C@H]4[C@@](O)(CN)[C@@H]1OC(C)=O)C32. The quantitative estimate of drug-likeness (QED) is 0.555. The van der Waals surface area contributed by atoms with Gasteiger partial charge in [-0.2, -0.15) is 0 Å². The number of methoxy groups -OCH3 is 1. The van der Waals surface area contributed by atoms with Crippen molar-refractivity contribution in [3.05, 3.63) is 35.9 Å². The Morgan fingerprint density at radius 2 is 2.13 bits per heavy atom. The second-order valence-electron chi connectivity index (χ2n) is 9.64. The molecule has 168 valence electrons. The molecule has 2 fully saturated rings. The van der Waals surface area contributed by atoms with Crippen molar-refractivity contribution >= 4 is 11.7 Å². The lowest BCUT2D eigenvalue weighted by molar-refractivity contribution is -0.215. The normalized spacial score (nSPS) is 40.3. The first-order valence-corrected chi connectivity index (χ1v) is 11.2. The van der Waals surface area contributed by atoms with Crippen molar-refractivity contribution in [3.8, 4) is 5.75 Å². The zero-order valence-electron chi connectivity index (χ0n) is 18.8. The van der Waals surface area contributed by atoms with Crippen LogP contribution in [-0.2, 0) is 14.9 Å². The minimum absolute atomic E-state index is 0.00906. The van der Waals surface area contributed by atoms with Crippen LogP contribution < -0.4 is 15.4 Å². The Balaban J connectivity index is 1.82. The van der Waals surface area contributed by atoms with Gasteiger partial charge in [-0.15, -0.1) is 0 Å². The molecule has 4 aliphatic rings. The van der Waals surface area contributed by atoms with Crippen LogP contribution in [0.1, 0.15) is 32.3 Å².